The lowest BCUT2D eigenvalue weighted by Crippen LogP contribution is -2.43. The maximum absolute atomic E-state index is 11.6. The molecule has 0 saturated heterocycles. The minimum atomic E-state index is -2.54. The lowest BCUT2D eigenvalue weighted by atomic mass is 10.3. The number of amides is 2. The first-order valence-corrected chi connectivity index (χ1v) is 8.65. The van der Waals surface area contributed by atoms with Crippen molar-refractivity contribution in [3.05, 3.63) is 30.1 Å². The summed E-state index contributed by atoms with van der Waals surface area (Å²) in [4.78, 5) is 15.5. The fourth-order valence-electron chi connectivity index (χ4n) is 1.81. The van der Waals surface area contributed by atoms with Gasteiger partial charge < -0.3 is 23.9 Å². The van der Waals surface area contributed by atoms with E-state index in [1.165, 1.54) is 0 Å². The van der Waals surface area contributed by atoms with E-state index < -0.39 is 8.80 Å². The summed E-state index contributed by atoms with van der Waals surface area (Å²) in [5.74, 6) is 0. The standard InChI is InChI=1S/C13H23N3O4Si/c1-18-21(19-2,20-3)10-4-7-15-13(17)16-11-12-5-8-14-9-6-12/h5-6,8-9H,4,7,10-11H2,1-3H3,(H2,15,16,17). The highest BCUT2D eigenvalue weighted by Gasteiger charge is 2.36. The Kier molecular flexibility index (Phi) is 7.91. The third kappa shape index (κ3) is 6.21. The van der Waals surface area contributed by atoms with Gasteiger partial charge in [0.1, 0.15) is 0 Å². The van der Waals surface area contributed by atoms with Crippen molar-refractivity contribution in [3.63, 3.8) is 0 Å². The molecule has 2 amide bonds. The van der Waals surface area contributed by atoms with Crippen LogP contribution in [-0.2, 0) is 19.8 Å². The molecule has 1 heterocycles. The van der Waals surface area contributed by atoms with Gasteiger partial charge in [0.05, 0.1) is 0 Å². The molecule has 1 aromatic heterocycles. The summed E-state index contributed by atoms with van der Waals surface area (Å²) in [6.07, 6.45) is 4.11. The molecule has 1 rings (SSSR count). The van der Waals surface area contributed by atoms with Gasteiger partial charge in [-0.1, -0.05) is 0 Å². The van der Waals surface area contributed by atoms with Crippen molar-refractivity contribution in [2.45, 2.75) is 19.0 Å². The highest BCUT2D eigenvalue weighted by atomic mass is 28.4. The van der Waals surface area contributed by atoms with E-state index in [4.69, 9.17) is 13.3 Å². The van der Waals surface area contributed by atoms with Crippen LogP contribution in [0.15, 0.2) is 24.5 Å². The van der Waals surface area contributed by atoms with Gasteiger partial charge in [-0.2, -0.15) is 0 Å². The largest absolute Gasteiger partial charge is 0.500 e. The van der Waals surface area contributed by atoms with Crippen LogP contribution in [0.2, 0.25) is 6.04 Å². The summed E-state index contributed by atoms with van der Waals surface area (Å²) >= 11 is 0. The molecule has 0 radical (unpaired) electrons. The maximum Gasteiger partial charge on any atom is 0.500 e. The monoisotopic (exact) mass is 313 g/mol. The first kappa shape index (κ1) is 17.6. The summed E-state index contributed by atoms with van der Waals surface area (Å²) in [5, 5.41) is 5.57. The molecule has 8 heteroatoms. The summed E-state index contributed by atoms with van der Waals surface area (Å²) in [5.41, 5.74) is 1.00. The second kappa shape index (κ2) is 9.45. The molecular weight excluding hydrogens is 290 g/mol. The van der Waals surface area contributed by atoms with E-state index in [0.717, 1.165) is 12.0 Å². The predicted octanol–water partition coefficient (Wildman–Crippen LogP) is 1.15. The molecule has 7 nitrogen and oxygen atoms in total. The van der Waals surface area contributed by atoms with E-state index in [0.29, 0.717) is 19.1 Å². The fourth-order valence-corrected chi connectivity index (χ4v) is 3.53. The van der Waals surface area contributed by atoms with E-state index in [2.05, 4.69) is 15.6 Å². The van der Waals surface area contributed by atoms with Gasteiger partial charge in [0.2, 0.25) is 0 Å². The number of aromatic nitrogens is 1. The molecule has 118 valence electrons. The van der Waals surface area contributed by atoms with Gasteiger partial charge in [0.25, 0.3) is 0 Å². The quantitative estimate of drug-likeness (QED) is 0.528. The molecular formula is C13H23N3O4Si. The highest BCUT2D eigenvalue weighted by molar-refractivity contribution is 6.60. The molecule has 0 aliphatic heterocycles. The Balaban J connectivity index is 2.19. The number of carbonyl (C=O) groups excluding carboxylic acids is 1. The number of hydrogen-bond acceptors (Lipinski definition) is 5. The van der Waals surface area contributed by atoms with Crippen LogP contribution in [-0.4, -0.2) is 47.7 Å². The van der Waals surface area contributed by atoms with Crippen LogP contribution in [0.5, 0.6) is 0 Å². The summed E-state index contributed by atoms with van der Waals surface area (Å²) < 4.78 is 15.9. The Bertz CT molecular complexity index is 407. The number of urea groups is 1. The van der Waals surface area contributed by atoms with Crippen molar-refractivity contribution < 1.29 is 18.1 Å². The number of rotatable bonds is 9. The maximum atomic E-state index is 11.6. The third-order valence-corrected chi connectivity index (χ3v) is 5.91. The van der Waals surface area contributed by atoms with Gasteiger partial charge in [0, 0.05) is 52.9 Å². The van der Waals surface area contributed by atoms with E-state index in [1.807, 2.05) is 12.1 Å². The Labute approximate surface area is 126 Å². The molecule has 0 saturated carbocycles. The van der Waals surface area contributed by atoms with Crippen molar-refractivity contribution in [1.82, 2.24) is 15.6 Å². The second-order valence-electron chi connectivity index (χ2n) is 4.36. The van der Waals surface area contributed by atoms with Gasteiger partial charge in [-0.25, -0.2) is 4.79 Å². The van der Waals surface area contributed by atoms with Crippen molar-refractivity contribution in [3.8, 4) is 0 Å². The zero-order valence-electron chi connectivity index (χ0n) is 12.7. The predicted molar refractivity (Wildman–Crippen MR) is 80.7 cm³/mol. The van der Waals surface area contributed by atoms with Crippen LogP contribution in [0.3, 0.4) is 0 Å². The molecule has 21 heavy (non-hydrogen) atoms. The zero-order chi connectivity index (χ0) is 15.6. The van der Waals surface area contributed by atoms with Gasteiger partial charge in [0.15, 0.2) is 0 Å². The molecule has 0 fully saturated rings. The van der Waals surface area contributed by atoms with E-state index in [-0.39, 0.29) is 6.03 Å². The molecule has 0 aliphatic carbocycles. The zero-order valence-corrected chi connectivity index (χ0v) is 13.7. The minimum Gasteiger partial charge on any atom is -0.377 e. The Hall–Kier alpha value is -1.48. The SMILES string of the molecule is CO[Si](CCCNC(=O)NCc1ccncc1)(OC)OC. The van der Waals surface area contributed by atoms with Crippen molar-refractivity contribution in [1.29, 1.82) is 0 Å². The lowest BCUT2D eigenvalue weighted by Gasteiger charge is -2.24. The van der Waals surface area contributed by atoms with Crippen LogP contribution in [0.25, 0.3) is 0 Å². The van der Waals surface area contributed by atoms with Crippen LogP contribution in [0.1, 0.15) is 12.0 Å². The van der Waals surface area contributed by atoms with Crippen LogP contribution < -0.4 is 10.6 Å². The third-order valence-electron chi connectivity index (χ3n) is 3.08. The first-order chi connectivity index (χ1) is 10.2. The lowest BCUT2D eigenvalue weighted by molar-refractivity contribution is 0.123. The van der Waals surface area contributed by atoms with Crippen LogP contribution in [0.4, 0.5) is 4.79 Å². The van der Waals surface area contributed by atoms with Gasteiger partial charge >= 0.3 is 14.8 Å². The number of pyridine rings is 1. The molecule has 0 bridgehead atoms. The van der Waals surface area contributed by atoms with Gasteiger partial charge in [-0.3, -0.25) is 4.98 Å². The number of nitrogens with one attached hydrogen (secondary N) is 2. The van der Waals surface area contributed by atoms with Crippen LogP contribution >= 0.6 is 0 Å². The topological polar surface area (TPSA) is 81.7 Å². The van der Waals surface area contributed by atoms with Crippen molar-refractivity contribution in [2.24, 2.45) is 0 Å². The molecule has 1 aromatic rings. The molecule has 0 aromatic carbocycles. The number of carbonyl (C=O) groups is 1. The molecule has 0 aliphatic rings. The summed E-state index contributed by atoms with van der Waals surface area (Å²) in [7, 11) is 2.19. The van der Waals surface area contributed by atoms with E-state index in [9.17, 15) is 4.79 Å². The van der Waals surface area contributed by atoms with Crippen LogP contribution in [0, 0.1) is 0 Å². The summed E-state index contributed by atoms with van der Waals surface area (Å²) in [6, 6.07) is 4.17. The first-order valence-electron chi connectivity index (χ1n) is 6.72. The van der Waals surface area contributed by atoms with Gasteiger partial charge in [-0.15, -0.1) is 0 Å². The number of nitrogens with zero attached hydrogens (tertiary/aromatic N) is 1. The molecule has 0 unspecified atom stereocenters. The van der Waals surface area contributed by atoms with E-state index >= 15 is 0 Å². The smallest absolute Gasteiger partial charge is 0.377 e. The van der Waals surface area contributed by atoms with Gasteiger partial charge in [-0.05, 0) is 24.1 Å². The molecule has 2 N–H and O–H groups in total. The summed E-state index contributed by atoms with van der Waals surface area (Å²) in [6.45, 7) is 1.01. The highest BCUT2D eigenvalue weighted by Crippen LogP contribution is 2.14. The normalized spacial score (nSPS) is 11.2. The fraction of sp³-hybridized carbons (Fsp3) is 0.538. The van der Waals surface area contributed by atoms with Crippen molar-refractivity contribution >= 4 is 14.8 Å². The Morgan fingerprint density at radius 1 is 1.14 bits per heavy atom. The number of hydrogen-bond donors (Lipinski definition) is 2. The average molecular weight is 313 g/mol. The van der Waals surface area contributed by atoms with Crippen molar-refractivity contribution in [2.75, 3.05) is 27.9 Å². The average Bonchev–Trinajstić information content (AvgIpc) is 2.55. The Morgan fingerprint density at radius 2 is 1.76 bits per heavy atom. The molecule has 0 spiro atoms. The van der Waals surface area contributed by atoms with E-state index in [1.54, 1.807) is 33.7 Å². The molecule has 0 atom stereocenters. The Morgan fingerprint density at radius 3 is 2.33 bits per heavy atom. The minimum absolute atomic E-state index is 0.202. The second-order valence-corrected chi connectivity index (χ2v) is 7.45.